The predicted octanol–water partition coefficient (Wildman–Crippen LogP) is 1.60. The van der Waals surface area contributed by atoms with Crippen LogP contribution in [0.2, 0.25) is 0 Å². The molecular formula is C17H20N2O5S. The highest BCUT2D eigenvalue weighted by Crippen LogP contribution is 2.27. The number of phenolic OH excluding ortho intramolecular Hbond substituents is 1. The molecule has 0 fully saturated rings. The number of ether oxygens (including phenoxy) is 1. The van der Waals surface area contributed by atoms with Gasteiger partial charge in [-0.15, -0.1) is 0 Å². The molecule has 0 spiro atoms. The Morgan fingerprint density at radius 2 is 1.88 bits per heavy atom. The number of carbonyl (C=O) groups is 1. The van der Waals surface area contributed by atoms with E-state index in [1.807, 2.05) is 0 Å². The van der Waals surface area contributed by atoms with Crippen LogP contribution in [0.5, 0.6) is 5.75 Å². The van der Waals surface area contributed by atoms with Crippen LogP contribution in [0.1, 0.15) is 30.2 Å². The summed E-state index contributed by atoms with van der Waals surface area (Å²) in [5.74, 6) is -0.508. The summed E-state index contributed by atoms with van der Waals surface area (Å²) >= 11 is 0. The highest BCUT2D eigenvalue weighted by atomic mass is 32.2. The number of methoxy groups -OCH3 is 1. The fraction of sp³-hybridized carbons (Fsp3) is 0.235. The predicted molar refractivity (Wildman–Crippen MR) is 92.2 cm³/mol. The number of hydrogen-bond donors (Lipinski definition) is 3. The molecule has 0 radical (unpaired) electrons. The summed E-state index contributed by atoms with van der Waals surface area (Å²) in [6, 6.07) is 11.9. The number of para-hydroxylation sites is 1. The molecule has 134 valence electrons. The van der Waals surface area contributed by atoms with Crippen LogP contribution in [-0.4, -0.2) is 26.5 Å². The SMILES string of the molecule is COC(C(=O)NC(C)c1cccc(S(N)(=O)=O)c1)c1ccccc1O. The fourth-order valence-corrected chi connectivity index (χ4v) is 2.99. The number of phenols is 1. The number of rotatable bonds is 6. The first kappa shape index (κ1) is 18.9. The minimum absolute atomic E-state index is 0.0323. The molecule has 25 heavy (non-hydrogen) atoms. The standard InChI is InChI=1S/C17H20N2O5S/c1-11(12-6-5-7-13(10-12)25(18,22)23)19-17(21)16(24-2)14-8-3-4-9-15(14)20/h3-11,16,20H,1-2H3,(H,19,21)(H2,18,22,23). The van der Waals surface area contributed by atoms with Crippen molar-refractivity contribution in [2.24, 2.45) is 5.14 Å². The molecule has 0 aliphatic heterocycles. The summed E-state index contributed by atoms with van der Waals surface area (Å²) in [5.41, 5.74) is 0.917. The summed E-state index contributed by atoms with van der Waals surface area (Å²) in [6.45, 7) is 1.71. The van der Waals surface area contributed by atoms with Gasteiger partial charge in [-0.3, -0.25) is 4.79 Å². The number of nitrogens with two attached hydrogens (primary N) is 1. The molecule has 2 rings (SSSR count). The van der Waals surface area contributed by atoms with E-state index in [2.05, 4.69) is 5.32 Å². The summed E-state index contributed by atoms with van der Waals surface area (Å²) in [4.78, 5) is 12.5. The third-order valence-corrected chi connectivity index (χ3v) is 4.65. The van der Waals surface area contributed by atoms with Crippen LogP contribution in [0.15, 0.2) is 53.4 Å². The zero-order valence-corrected chi connectivity index (χ0v) is 14.7. The molecule has 2 aromatic rings. The Labute approximate surface area is 146 Å². The van der Waals surface area contributed by atoms with E-state index in [1.54, 1.807) is 37.3 Å². The van der Waals surface area contributed by atoms with Crippen LogP contribution in [0.3, 0.4) is 0 Å². The molecule has 0 aromatic heterocycles. The van der Waals surface area contributed by atoms with Crippen molar-refractivity contribution in [2.75, 3.05) is 7.11 Å². The number of sulfonamides is 1. The molecule has 8 heteroatoms. The van der Waals surface area contributed by atoms with Crippen LogP contribution < -0.4 is 10.5 Å². The van der Waals surface area contributed by atoms with Gasteiger partial charge in [-0.1, -0.05) is 30.3 Å². The smallest absolute Gasteiger partial charge is 0.254 e. The molecular weight excluding hydrogens is 344 g/mol. The number of benzene rings is 2. The van der Waals surface area contributed by atoms with Crippen molar-refractivity contribution < 1.29 is 23.1 Å². The molecule has 1 amide bonds. The number of carbonyl (C=O) groups excluding carboxylic acids is 1. The van der Waals surface area contributed by atoms with Gasteiger partial charge in [0.1, 0.15) is 5.75 Å². The number of aromatic hydroxyl groups is 1. The topological polar surface area (TPSA) is 119 Å². The van der Waals surface area contributed by atoms with Gasteiger partial charge >= 0.3 is 0 Å². The lowest BCUT2D eigenvalue weighted by molar-refractivity contribution is -0.132. The van der Waals surface area contributed by atoms with Gasteiger partial charge in [-0.25, -0.2) is 13.6 Å². The van der Waals surface area contributed by atoms with E-state index in [-0.39, 0.29) is 10.6 Å². The molecule has 0 heterocycles. The molecule has 2 unspecified atom stereocenters. The quantitative estimate of drug-likeness (QED) is 0.719. The van der Waals surface area contributed by atoms with Gasteiger partial charge in [-0.2, -0.15) is 0 Å². The second-order valence-electron chi connectivity index (χ2n) is 5.52. The van der Waals surface area contributed by atoms with Crippen molar-refractivity contribution in [3.05, 3.63) is 59.7 Å². The highest BCUT2D eigenvalue weighted by molar-refractivity contribution is 7.89. The number of amides is 1. The average Bonchev–Trinajstić information content (AvgIpc) is 2.56. The zero-order valence-electron chi connectivity index (χ0n) is 13.8. The second-order valence-corrected chi connectivity index (χ2v) is 7.08. The Morgan fingerprint density at radius 1 is 1.20 bits per heavy atom. The van der Waals surface area contributed by atoms with Gasteiger partial charge in [0.15, 0.2) is 6.10 Å². The van der Waals surface area contributed by atoms with Gasteiger partial charge in [0.25, 0.3) is 5.91 Å². The normalized spacial score (nSPS) is 13.9. The first-order chi connectivity index (χ1) is 11.7. The van der Waals surface area contributed by atoms with E-state index in [0.717, 1.165) is 0 Å². The van der Waals surface area contributed by atoms with Crippen molar-refractivity contribution in [1.82, 2.24) is 5.32 Å². The Hall–Kier alpha value is -2.42. The van der Waals surface area contributed by atoms with Gasteiger partial charge in [0.2, 0.25) is 10.0 Å². The molecule has 4 N–H and O–H groups in total. The monoisotopic (exact) mass is 364 g/mol. The summed E-state index contributed by atoms with van der Waals surface area (Å²) < 4.78 is 28.1. The van der Waals surface area contributed by atoms with Crippen LogP contribution in [0.4, 0.5) is 0 Å². The summed E-state index contributed by atoms with van der Waals surface area (Å²) in [6.07, 6.45) is -0.995. The first-order valence-corrected chi connectivity index (χ1v) is 9.02. The van der Waals surface area contributed by atoms with Crippen LogP contribution in [0.25, 0.3) is 0 Å². The van der Waals surface area contributed by atoms with Crippen molar-refractivity contribution in [3.8, 4) is 5.75 Å². The van der Waals surface area contributed by atoms with E-state index in [9.17, 15) is 18.3 Å². The van der Waals surface area contributed by atoms with Gasteiger partial charge in [0, 0.05) is 12.7 Å². The summed E-state index contributed by atoms with van der Waals surface area (Å²) in [5, 5.41) is 17.8. The highest BCUT2D eigenvalue weighted by Gasteiger charge is 2.24. The zero-order chi connectivity index (χ0) is 18.6. The molecule has 7 nitrogen and oxygen atoms in total. The minimum Gasteiger partial charge on any atom is -0.508 e. The third-order valence-electron chi connectivity index (χ3n) is 3.74. The van der Waals surface area contributed by atoms with Gasteiger partial charge in [0.05, 0.1) is 10.9 Å². The maximum Gasteiger partial charge on any atom is 0.254 e. The van der Waals surface area contributed by atoms with Crippen molar-refractivity contribution in [3.63, 3.8) is 0 Å². The Balaban J connectivity index is 2.21. The lowest BCUT2D eigenvalue weighted by Crippen LogP contribution is -2.32. The Morgan fingerprint density at radius 3 is 2.48 bits per heavy atom. The minimum atomic E-state index is -3.83. The molecule has 2 aromatic carbocycles. The number of hydrogen-bond acceptors (Lipinski definition) is 5. The Bertz CT molecular complexity index is 867. The van der Waals surface area contributed by atoms with Crippen molar-refractivity contribution in [2.45, 2.75) is 24.0 Å². The van der Waals surface area contributed by atoms with Crippen molar-refractivity contribution in [1.29, 1.82) is 0 Å². The lowest BCUT2D eigenvalue weighted by atomic mass is 10.1. The maximum absolute atomic E-state index is 12.5. The molecule has 0 saturated carbocycles. The van der Waals surface area contributed by atoms with Crippen molar-refractivity contribution >= 4 is 15.9 Å². The van der Waals surface area contributed by atoms with Crippen LogP contribution in [-0.2, 0) is 19.6 Å². The number of primary sulfonamides is 1. The maximum atomic E-state index is 12.5. The second kappa shape index (κ2) is 7.64. The van der Waals surface area contributed by atoms with E-state index < -0.39 is 28.1 Å². The molecule has 0 bridgehead atoms. The summed E-state index contributed by atoms with van der Waals surface area (Å²) in [7, 11) is -2.46. The lowest BCUT2D eigenvalue weighted by Gasteiger charge is -2.20. The third kappa shape index (κ3) is 4.56. The van der Waals surface area contributed by atoms with E-state index in [1.165, 1.54) is 25.3 Å². The Kier molecular flexibility index (Phi) is 5.78. The molecule has 0 aliphatic carbocycles. The largest absolute Gasteiger partial charge is 0.508 e. The van der Waals surface area contributed by atoms with E-state index in [4.69, 9.17) is 9.88 Å². The van der Waals surface area contributed by atoms with E-state index in [0.29, 0.717) is 11.1 Å². The first-order valence-electron chi connectivity index (χ1n) is 7.48. The van der Waals surface area contributed by atoms with Crippen LogP contribution in [0, 0.1) is 0 Å². The average molecular weight is 364 g/mol. The molecule has 2 atom stereocenters. The molecule has 0 saturated heterocycles. The van der Waals surface area contributed by atoms with E-state index >= 15 is 0 Å². The van der Waals surface area contributed by atoms with Gasteiger partial charge in [-0.05, 0) is 30.7 Å². The number of nitrogens with one attached hydrogen (secondary N) is 1. The van der Waals surface area contributed by atoms with Gasteiger partial charge < -0.3 is 15.2 Å². The van der Waals surface area contributed by atoms with Crippen LogP contribution >= 0.6 is 0 Å². The fourth-order valence-electron chi connectivity index (χ4n) is 2.42. The molecule has 0 aliphatic rings.